The fourth-order valence-electron chi connectivity index (χ4n) is 3.73. The number of likely N-dealkylation sites (tertiary alicyclic amines) is 1. The molecule has 1 aromatic carbocycles. The number of fused-ring (bicyclic) bond motifs is 1. The van der Waals surface area contributed by atoms with Gasteiger partial charge < -0.3 is 15.2 Å². The number of alkyl halides is 3. The van der Waals surface area contributed by atoms with Crippen LogP contribution in [-0.4, -0.2) is 61.4 Å². The van der Waals surface area contributed by atoms with Crippen LogP contribution in [0.5, 0.6) is 0 Å². The average molecular weight is 395 g/mol. The van der Waals surface area contributed by atoms with Crippen LogP contribution in [0, 0.1) is 5.92 Å². The van der Waals surface area contributed by atoms with Crippen LogP contribution in [0.1, 0.15) is 12.8 Å². The number of nitrogens with zero attached hydrogens (tertiary/aromatic N) is 3. The summed E-state index contributed by atoms with van der Waals surface area (Å²) in [4.78, 5) is 5.68. The molecule has 28 heavy (non-hydrogen) atoms. The molecule has 154 valence electrons. The number of benzene rings is 1. The Morgan fingerprint density at radius 1 is 1.21 bits per heavy atom. The number of hydrogen-bond donors (Lipinski definition) is 2. The summed E-state index contributed by atoms with van der Waals surface area (Å²) in [5, 5.41) is 7.77. The van der Waals surface area contributed by atoms with Gasteiger partial charge in [-0.2, -0.15) is 13.2 Å². The largest absolute Gasteiger partial charge is 0.401 e. The van der Waals surface area contributed by atoms with E-state index in [9.17, 15) is 13.2 Å². The molecule has 1 unspecified atom stereocenters. The lowest BCUT2D eigenvalue weighted by Crippen LogP contribution is -2.41. The Balaban J connectivity index is 1.35. The SMILES string of the molecule is CN=C(NCCCn1ccc2ccccc21)NCC1CCN(CC(F)(F)F)C1. The quantitative estimate of drug-likeness (QED) is 0.430. The number of aliphatic imine (C=N–C) groups is 1. The van der Waals surface area contributed by atoms with Crippen molar-refractivity contribution < 1.29 is 13.2 Å². The fraction of sp³-hybridized carbons (Fsp3) is 0.550. The highest BCUT2D eigenvalue weighted by molar-refractivity contribution is 5.80. The molecule has 1 fully saturated rings. The van der Waals surface area contributed by atoms with E-state index in [4.69, 9.17) is 0 Å². The van der Waals surface area contributed by atoms with Gasteiger partial charge in [0.2, 0.25) is 0 Å². The average Bonchev–Trinajstić information content (AvgIpc) is 3.26. The van der Waals surface area contributed by atoms with Crippen molar-refractivity contribution >= 4 is 16.9 Å². The minimum atomic E-state index is -4.12. The number of rotatable bonds is 7. The number of para-hydroxylation sites is 1. The molecule has 0 bridgehead atoms. The van der Waals surface area contributed by atoms with Crippen molar-refractivity contribution in [2.24, 2.45) is 10.9 Å². The molecular formula is C20H28F3N5. The summed E-state index contributed by atoms with van der Waals surface area (Å²) in [5.41, 5.74) is 1.23. The number of halogens is 3. The summed E-state index contributed by atoms with van der Waals surface area (Å²) in [6.07, 6.45) is -0.293. The first-order valence-electron chi connectivity index (χ1n) is 9.72. The fourth-order valence-corrected chi connectivity index (χ4v) is 3.73. The number of aromatic nitrogens is 1. The number of nitrogens with one attached hydrogen (secondary N) is 2. The van der Waals surface area contributed by atoms with Crippen LogP contribution in [0.4, 0.5) is 13.2 Å². The van der Waals surface area contributed by atoms with Gasteiger partial charge in [-0.1, -0.05) is 18.2 Å². The molecule has 0 saturated carbocycles. The monoisotopic (exact) mass is 395 g/mol. The van der Waals surface area contributed by atoms with Gasteiger partial charge in [0.1, 0.15) is 0 Å². The van der Waals surface area contributed by atoms with E-state index in [1.807, 2.05) is 12.1 Å². The van der Waals surface area contributed by atoms with Crippen molar-refractivity contribution in [3.8, 4) is 0 Å². The van der Waals surface area contributed by atoms with Gasteiger partial charge in [0.15, 0.2) is 5.96 Å². The highest BCUT2D eigenvalue weighted by Gasteiger charge is 2.34. The van der Waals surface area contributed by atoms with E-state index in [1.54, 1.807) is 7.05 Å². The van der Waals surface area contributed by atoms with Crippen LogP contribution >= 0.6 is 0 Å². The van der Waals surface area contributed by atoms with Crippen LogP contribution in [-0.2, 0) is 6.54 Å². The highest BCUT2D eigenvalue weighted by atomic mass is 19.4. The molecule has 2 aromatic rings. The molecule has 1 aliphatic rings. The lowest BCUT2D eigenvalue weighted by Gasteiger charge is -2.18. The smallest absolute Gasteiger partial charge is 0.356 e. The second kappa shape index (κ2) is 9.32. The van der Waals surface area contributed by atoms with Crippen LogP contribution in [0.2, 0.25) is 0 Å². The summed E-state index contributed by atoms with van der Waals surface area (Å²) < 4.78 is 39.7. The van der Waals surface area contributed by atoms with Gasteiger partial charge in [0, 0.05) is 44.9 Å². The van der Waals surface area contributed by atoms with Crippen molar-refractivity contribution in [2.45, 2.75) is 25.6 Å². The van der Waals surface area contributed by atoms with E-state index in [0.717, 1.165) is 25.9 Å². The van der Waals surface area contributed by atoms with Gasteiger partial charge in [-0.25, -0.2) is 0 Å². The molecular weight excluding hydrogens is 367 g/mol. The third kappa shape index (κ3) is 5.89. The van der Waals surface area contributed by atoms with Crippen LogP contribution in [0.15, 0.2) is 41.5 Å². The Morgan fingerprint density at radius 2 is 2.04 bits per heavy atom. The number of guanidine groups is 1. The van der Waals surface area contributed by atoms with E-state index in [-0.39, 0.29) is 5.92 Å². The molecule has 8 heteroatoms. The zero-order valence-corrected chi connectivity index (χ0v) is 16.2. The van der Waals surface area contributed by atoms with E-state index in [1.165, 1.54) is 15.8 Å². The Kier molecular flexibility index (Phi) is 6.83. The van der Waals surface area contributed by atoms with Gasteiger partial charge in [0.05, 0.1) is 6.54 Å². The lowest BCUT2D eigenvalue weighted by molar-refractivity contribution is -0.143. The normalized spacial score (nSPS) is 18.7. The molecule has 5 nitrogen and oxygen atoms in total. The third-order valence-corrected chi connectivity index (χ3v) is 5.10. The predicted octanol–water partition coefficient (Wildman–Crippen LogP) is 3.08. The summed E-state index contributed by atoms with van der Waals surface area (Å²) in [7, 11) is 1.71. The van der Waals surface area contributed by atoms with Gasteiger partial charge >= 0.3 is 6.18 Å². The second-order valence-electron chi connectivity index (χ2n) is 7.31. The Bertz CT molecular complexity index is 783. The van der Waals surface area contributed by atoms with E-state index >= 15 is 0 Å². The number of hydrogen-bond acceptors (Lipinski definition) is 2. The first kappa shape index (κ1) is 20.5. The van der Waals surface area contributed by atoms with Gasteiger partial charge in [-0.05, 0) is 42.8 Å². The van der Waals surface area contributed by atoms with Crippen LogP contribution in [0.3, 0.4) is 0 Å². The predicted molar refractivity (Wildman–Crippen MR) is 107 cm³/mol. The van der Waals surface area contributed by atoms with Gasteiger partial charge in [-0.3, -0.25) is 9.89 Å². The molecule has 0 amide bonds. The molecule has 1 saturated heterocycles. The summed E-state index contributed by atoms with van der Waals surface area (Å²) >= 11 is 0. The number of aryl methyl sites for hydroxylation is 1. The zero-order valence-electron chi connectivity index (χ0n) is 16.2. The standard InChI is InChI=1S/C20H28F3N5/c1-24-19(26-13-16-7-11-27(14-16)15-20(21,22)23)25-9-4-10-28-12-8-17-5-2-3-6-18(17)28/h2-3,5-6,8,12,16H,4,7,9-11,13-15H2,1H3,(H2,24,25,26). The summed E-state index contributed by atoms with van der Waals surface area (Å²) in [5.74, 6) is 0.916. The molecule has 3 rings (SSSR count). The summed E-state index contributed by atoms with van der Waals surface area (Å²) in [6, 6.07) is 10.4. The molecule has 1 aliphatic heterocycles. The summed E-state index contributed by atoms with van der Waals surface area (Å²) in [6.45, 7) is 2.48. The second-order valence-corrected chi connectivity index (χ2v) is 7.31. The van der Waals surface area contributed by atoms with Crippen LogP contribution in [0.25, 0.3) is 10.9 Å². The van der Waals surface area contributed by atoms with Gasteiger partial charge in [-0.15, -0.1) is 0 Å². The molecule has 2 N–H and O–H groups in total. The van der Waals surface area contributed by atoms with Crippen molar-refractivity contribution in [2.75, 3.05) is 39.8 Å². The van der Waals surface area contributed by atoms with Crippen molar-refractivity contribution in [3.63, 3.8) is 0 Å². The zero-order chi connectivity index (χ0) is 20.0. The van der Waals surface area contributed by atoms with E-state index < -0.39 is 12.7 Å². The highest BCUT2D eigenvalue weighted by Crippen LogP contribution is 2.22. The molecule has 2 heterocycles. The van der Waals surface area contributed by atoms with Crippen LogP contribution < -0.4 is 10.6 Å². The molecule has 0 spiro atoms. The Morgan fingerprint density at radius 3 is 2.82 bits per heavy atom. The topological polar surface area (TPSA) is 44.6 Å². The molecule has 1 aromatic heterocycles. The Labute approximate surface area is 163 Å². The lowest BCUT2D eigenvalue weighted by atomic mass is 10.1. The third-order valence-electron chi connectivity index (χ3n) is 5.10. The first-order chi connectivity index (χ1) is 13.4. The van der Waals surface area contributed by atoms with Crippen molar-refractivity contribution in [1.82, 2.24) is 20.1 Å². The molecule has 0 aliphatic carbocycles. The Hall–Kier alpha value is -2.22. The minimum Gasteiger partial charge on any atom is -0.356 e. The maximum Gasteiger partial charge on any atom is 0.401 e. The molecule has 0 radical (unpaired) electrons. The van der Waals surface area contributed by atoms with Crippen molar-refractivity contribution in [3.05, 3.63) is 36.5 Å². The maximum atomic E-state index is 12.5. The maximum absolute atomic E-state index is 12.5. The molecule has 1 atom stereocenters. The van der Waals surface area contributed by atoms with E-state index in [0.29, 0.717) is 25.6 Å². The first-order valence-corrected chi connectivity index (χ1v) is 9.72. The van der Waals surface area contributed by atoms with Crippen molar-refractivity contribution in [1.29, 1.82) is 0 Å². The minimum absolute atomic E-state index is 0.215. The van der Waals surface area contributed by atoms with Gasteiger partial charge in [0.25, 0.3) is 0 Å². The van der Waals surface area contributed by atoms with E-state index in [2.05, 4.69) is 44.6 Å².